The molecule has 104 valence electrons. The van der Waals surface area contributed by atoms with E-state index < -0.39 is 0 Å². The van der Waals surface area contributed by atoms with Crippen LogP contribution in [0.5, 0.6) is 0 Å². The molecule has 0 aliphatic carbocycles. The summed E-state index contributed by atoms with van der Waals surface area (Å²) in [6.07, 6.45) is 1.22. The summed E-state index contributed by atoms with van der Waals surface area (Å²) in [4.78, 5) is 13.2. The number of hydrogen-bond acceptors (Lipinski definition) is 2. The number of anilines is 1. The lowest BCUT2D eigenvalue weighted by Gasteiger charge is -2.18. The van der Waals surface area contributed by atoms with Crippen LogP contribution < -0.4 is 4.90 Å². The van der Waals surface area contributed by atoms with Crippen molar-refractivity contribution >= 4 is 23.2 Å². The van der Waals surface area contributed by atoms with Crippen molar-refractivity contribution in [1.82, 2.24) is 0 Å². The van der Waals surface area contributed by atoms with Crippen LogP contribution in [-0.4, -0.2) is 13.0 Å². The smallest absolute Gasteiger partial charge is 0.250 e. The Bertz CT molecular complexity index is 729. The number of amides is 1. The lowest BCUT2D eigenvalue weighted by atomic mass is 9.98. The first-order valence-electron chi connectivity index (χ1n) is 6.27. The average molecular weight is 297 g/mol. The molecule has 0 N–H and O–H groups in total. The minimum absolute atomic E-state index is 0.264. The van der Waals surface area contributed by atoms with Crippen LogP contribution in [0.2, 0.25) is 5.02 Å². The first-order valence-corrected chi connectivity index (χ1v) is 6.65. The molecule has 0 fully saturated rings. The third-order valence-corrected chi connectivity index (χ3v) is 3.43. The van der Waals surface area contributed by atoms with Crippen molar-refractivity contribution in [2.45, 2.75) is 0 Å². The normalized spacial score (nSPS) is 9.76. The van der Waals surface area contributed by atoms with Gasteiger partial charge in [-0.3, -0.25) is 4.79 Å². The molecule has 0 saturated heterocycles. The molecule has 2 aromatic carbocycles. The number of likely N-dealkylation sites (N-methyl/N-ethyl adjacent to an activating group) is 1. The molecule has 1 amide bonds. The molecule has 4 heteroatoms. The summed E-state index contributed by atoms with van der Waals surface area (Å²) in [5.74, 6) is -0.264. The standard InChI is InChI=1S/C17H13ClN2O/c1-3-17(21)20(2)16-6-4-5-14(15(16)11-19)12-7-9-13(18)10-8-12/h3-10H,1H2,2H3. The number of rotatable bonds is 3. The van der Waals surface area contributed by atoms with Gasteiger partial charge in [-0.05, 0) is 29.8 Å². The van der Waals surface area contributed by atoms with Crippen LogP contribution in [-0.2, 0) is 4.79 Å². The fourth-order valence-electron chi connectivity index (χ4n) is 2.06. The van der Waals surface area contributed by atoms with E-state index in [9.17, 15) is 10.1 Å². The third kappa shape index (κ3) is 2.96. The van der Waals surface area contributed by atoms with Crippen molar-refractivity contribution in [1.29, 1.82) is 5.26 Å². The SMILES string of the molecule is C=CC(=O)N(C)c1cccc(-c2ccc(Cl)cc2)c1C#N. The minimum Gasteiger partial charge on any atom is -0.311 e. The van der Waals surface area contributed by atoms with Gasteiger partial charge in [-0.25, -0.2) is 0 Å². The van der Waals surface area contributed by atoms with E-state index in [-0.39, 0.29) is 5.91 Å². The average Bonchev–Trinajstić information content (AvgIpc) is 2.53. The number of carbonyl (C=O) groups excluding carboxylic acids is 1. The van der Waals surface area contributed by atoms with E-state index in [0.717, 1.165) is 11.1 Å². The van der Waals surface area contributed by atoms with Gasteiger partial charge in [-0.15, -0.1) is 0 Å². The largest absolute Gasteiger partial charge is 0.311 e. The first-order chi connectivity index (χ1) is 10.1. The number of halogens is 1. The lowest BCUT2D eigenvalue weighted by Crippen LogP contribution is -2.24. The van der Waals surface area contributed by atoms with E-state index in [0.29, 0.717) is 16.3 Å². The lowest BCUT2D eigenvalue weighted by molar-refractivity contribution is -0.113. The fourth-order valence-corrected chi connectivity index (χ4v) is 2.19. The summed E-state index contributed by atoms with van der Waals surface area (Å²) >= 11 is 5.89. The topological polar surface area (TPSA) is 44.1 Å². The van der Waals surface area contributed by atoms with Gasteiger partial charge in [0, 0.05) is 17.6 Å². The quantitative estimate of drug-likeness (QED) is 0.803. The molecule has 0 saturated carbocycles. The Morgan fingerprint density at radius 1 is 1.29 bits per heavy atom. The predicted molar refractivity (Wildman–Crippen MR) is 85.2 cm³/mol. The maximum absolute atomic E-state index is 11.8. The Labute approximate surface area is 128 Å². The summed E-state index contributed by atoms with van der Waals surface area (Å²) in [5, 5.41) is 10.1. The molecule has 0 unspecified atom stereocenters. The van der Waals surface area contributed by atoms with Gasteiger partial charge >= 0.3 is 0 Å². The molecular weight excluding hydrogens is 284 g/mol. The van der Waals surface area contributed by atoms with E-state index in [2.05, 4.69) is 12.6 Å². The zero-order valence-electron chi connectivity index (χ0n) is 11.5. The van der Waals surface area contributed by atoms with Gasteiger partial charge in [0.2, 0.25) is 5.91 Å². The molecule has 0 spiro atoms. The van der Waals surface area contributed by atoms with Crippen molar-refractivity contribution in [2.24, 2.45) is 0 Å². The Morgan fingerprint density at radius 2 is 1.95 bits per heavy atom. The van der Waals surface area contributed by atoms with Gasteiger partial charge in [0.05, 0.1) is 11.3 Å². The maximum Gasteiger partial charge on any atom is 0.250 e. The molecule has 0 bridgehead atoms. The summed E-state index contributed by atoms with van der Waals surface area (Å²) < 4.78 is 0. The van der Waals surface area contributed by atoms with Gasteiger partial charge in [0.25, 0.3) is 0 Å². The number of nitrogens with zero attached hydrogens (tertiary/aromatic N) is 2. The van der Waals surface area contributed by atoms with Crippen LogP contribution in [0.1, 0.15) is 5.56 Å². The Balaban J connectivity index is 2.59. The van der Waals surface area contributed by atoms with Crippen LogP contribution in [0, 0.1) is 11.3 Å². The summed E-state index contributed by atoms with van der Waals surface area (Å²) in [6, 6.07) is 14.8. The first kappa shape index (κ1) is 14.8. The molecule has 0 heterocycles. The molecule has 0 aliphatic heterocycles. The molecule has 0 aliphatic rings. The van der Waals surface area contributed by atoms with E-state index >= 15 is 0 Å². The van der Waals surface area contributed by atoms with Crippen LogP contribution >= 0.6 is 11.6 Å². The Morgan fingerprint density at radius 3 is 2.52 bits per heavy atom. The third-order valence-electron chi connectivity index (χ3n) is 3.18. The Kier molecular flexibility index (Phi) is 4.42. The number of nitriles is 1. The molecule has 0 radical (unpaired) electrons. The Hall–Kier alpha value is -2.57. The van der Waals surface area contributed by atoms with E-state index in [1.165, 1.54) is 11.0 Å². The highest BCUT2D eigenvalue weighted by Gasteiger charge is 2.15. The van der Waals surface area contributed by atoms with E-state index in [1.54, 1.807) is 25.2 Å². The molecule has 2 rings (SSSR count). The highest BCUT2D eigenvalue weighted by Crippen LogP contribution is 2.31. The van der Waals surface area contributed by atoms with Crippen LogP contribution in [0.3, 0.4) is 0 Å². The molecule has 21 heavy (non-hydrogen) atoms. The summed E-state index contributed by atoms with van der Waals surface area (Å²) in [5.41, 5.74) is 2.63. The predicted octanol–water partition coefficient (Wildman–Crippen LogP) is 4.03. The molecular formula is C17H13ClN2O. The van der Waals surface area contributed by atoms with E-state index in [1.807, 2.05) is 24.3 Å². The molecule has 3 nitrogen and oxygen atoms in total. The summed E-state index contributed by atoms with van der Waals surface area (Å²) in [6.45, 7) is 3.46. The monoisotopic (exact) mass is 296 g/mol. The highest BCUT2D eigenvalue weighted by atomic mass is 35.5. The van der Waals surface area contributed by atoms with Crippen LogP contribution in [0.4, 0.5) is 5.69 Å². The van der Waals surface area contributed by atoms with Crippen LogP contribution in [0.25, 0.3) is 11.1 Å². The fraction of sp³-hybridized carbons (Fsp3) is 0.0588. The van der Waals surface area contributed by atoms with Gasteiger partial charge in [0.15, 0.2) is 0 Å². The van der Waals surface area contributed by atoms with Gasteiger partial charge < -0.3 is 4.90 Å². The molecule has 0 atom stereocenters. The molecule has 0 aromatic heterocycles. The van der Waals surface area contributed by atoms with Crippen molar-refractivity contribution in [2.75, 3.05) is 11.9 Å². The maximum atomic E-state index is 11.8. The second-order valence-electron chi connectivity index (χ2n) is 4.42. The number of benzene rings is 2. The zero-order chi connectivity index (χ0) is 15.4. The second kappa shape index (κ2) is 6.25. The molecule has 2 aromatic rings. The number of carbonyl (C=O) groups is 1. The van der Waals surface area contributed by atoms with E-state index in [4.69, 9.17) is 11.6 Å². The minimum atomic E-state index is -0.264. The number of hydrogen-bond donors (Lipinski definition) is 0. The van der Waals surface area contributed by atoms with Gasteiger partial charge in [-0.2, -0.15) is 5.26 Å². The van der Waals surface area contributed by atoms with Crippen molar-refractivity contribution in [3.8, 4) is 17.2 Å². The van der Waals surface area contributed by atoms with Gasteiger partial charge in [-0.1, -0.05) is 42.4 Å². The summed E-state index contributed by atoms with van der Waals surface area (Å²) in [7, 11) is 1.62. The van der Waals surface area contributed by atoms with Crippen molar-refractivity contribution < 1.29 is 4.79 Å². The second-order valence-corrected chi connectivity index (χ2v) is 4.86. The van der Waals surface area contributed by atoms with Crippen molar-refractivity contribution in [3.05, 3.63) is 65.7 Å². The zero-order valence-corrected chi connectivity index (χ0v) is 12.3. The highest BCUT2D eigenvalue weighted by molar-refractivity contribution is 6.30. The van der Waals surface area contributed by atoms with Crippen LogP contribution in [0.15, 0.2) is 55.1 Å². The van der Waals surface area contributed by atoms with Crippen molar-refractivity contribution in [3.63, 3.8) is 0 Å². The van der Waals surface area contributed by atoms with Gasteiger partial charge in [0.1, 0.15) is 6.07 Å².